The second kappa shape index (κ2) is 7.75. The van der Waals surface area contributed by atoms with Crippen molar-refractivity contribution < 1.29 is 0 Å². The number of rotatable bonds is 7. The van der Waals surface area contributed by atoms with Gasteiger partial charge in [-0.2, -0.15) is 11.8 Å². The summed E-state index contributed by atoms with van der Waals surface area (Å²) in [6.07, 6.45) is 2.47. The molecule has 0 aliphatic carbocycles. The summed E-state index contributed by atoms with van der Waals surface area (Å²) in [4.78, 5) is 0. The Morgan fingerprint density at radius 2 is 1.88 bits per heavy atom. The van der Waals surface area contributed by atoms with Gasteiger partial charge >= 0.3 is 0 Å². The van der Waals surface area contributed by atoms with E-state index in [0.717, 1.165) is 0 Å². The van der Waals surface area contributed by atoms with Crippen LogP contribution in [0, 0.1) is 0 Å². The summed E-state index contributed by atoms with van der Waals surface area (Å²) >= 11 is 2.09. The van der Waals surface area contributed by atoms with Crippen molar-refractivity contribution in [3.63, 3.8) is 0 Å². The summed E-state index contributed by atoms with van der Waals surface area (Å²) in [7, 11) is 2.06. The van der Waals surface area contributed by atoms with E-state index in [1.54, 1.807) is 0 Å². The quantitative estimate of drug-likeness (QED) is 0.772. The third kappa shape index (κ3) is 3.84. The Hall–Kier alpha value is -0.470. The molecule has 0 heterocycles. The highest BCUT2D eigenvalue weighted by atomic mass is 32.2. The molecule has 0 aromatic heterocycles. The van der Waals surface area contributed by atoms with Crippen molar-refractivity contribution in [2.75, 3.05) is 12.8 Å². The monoisotopic (exact) mass is 237 g/mol. The van der Waals surface area contributed by atoms with Crippen molar-refractivity contribution in [2.45, 2.75) is 38.0 Å². The zero-order valence-corrected chi connectivity index (χ0v) is 11.4. The van der Waals surface area contributed by atoms with E-state index < -0.39 is 0 Å². The molecule has 1 N–H and O–H groups in total. The summed E-state index contributed by atoms with van der Waals surface area (Å²) in [5.41, 5.74) is 1.40. The van der Waals surface area contributed by atoms with Gasteiger partial charge in [0.25, 0.3) is 0 Å². The number of benzene rings is 1. The Kier molecular flexibility index (Phi) is 6.58. The fourth-order valence-electron chi connectivity index (χ4n) is 1.95. The molecule has 2 atom stereocenters. The maximum absolute atomic E-state index is 3.46. The first-order valence-corrected chi connectivity index (χ1v) is 7.22. The smallest absolute Gasteiger partial charge is 0.0438 e. The first-order valence-electron chi connectivity index (χ1n) is 6.17. The molecule has 1 nitrogen and oxygen atoms in total. The molecule has 0 saturated heterocycles. The van der Waals surface area contributed by atoms with Crippen LogP contribution in [0.2, 0.25) is 0 Å². The van der Waals surface area contributed by atoms with Crippen LogP contribution in [0.1, 0.15) is 38.3 Å². The first-order chi connectivity index (χ1) is 7.83. The summed E-state index contributed by atoms with van der Waals surface area (Å²) in [6.45, 7) is 4.53. The SMILES string of the molecule is CCCSC(CC)C(NC)c1ccccc1. The number of nitrogens with one attached hydrogen (secondary N) is 1. The third-order valence-corrected chi connectivity index (χ3v) is 4.46. The van der Waals surface area contributed by atoms with Crippen LogP contribution >= 0.6 is 11.8 Å². The molecule has 1 aromatic rings. The second-order valence-corrected chi connectivity index (χ2v) is 5.34. The van der Waals surface area contributed by atoms with E-state index in [9.17, 15) is 0 Å². The topological polar surface area (TPSA) is 12.0 Å². The molecule has 16 heavy (non-hydrogen) atoms. The van der Waals surface area contributed by atoms with E-state index >= 15 is 0 Å². The van der Waals surface area contributed by atoms with Gasteiger partial charge in [0, 0.05) is 11.3 Å². The van der Waals surface area contributed by atoms with Gasteiger partial charge in [-0.15, -0.1) is 0 Å². The number of thioether (sulfide) groups is 1. The lowest BCUT2D eigenvalue weighted by molar-refractivity contribution is 0.555. The van der Waals surface area contributed by atoms with Crippen LogP contribution in [0.25, 0.3) is 0 Å². The van der Waals surface area contributed by atoms with E-state index in [4.69, 9.17) is 0 Å². The van der Waals surface area contributed by atoms with Gasteiger partial charge in [0.05, 0.1) is 0 Å². The molecule has 1 rings (SSSR count). The van der Waals surface area contributed by atoms with Crippen molar-refractivity contribution >= 4 is 11.8 Å². The van der Waals surface area contributed by atoms with E-state index in [1.165, 1.54) is 24.2 Å². The molecule has 0 fully saturated rings. The average Bonchev–Trinajstić information content (AvgIpc) is 2.35. The summed E-state index contributed by atoms with van der Waals surface area (Å²) in [5.74, 6) is 1.25. The second-order valence-electron chi connectivity index (χ2n) is 3.99. The minimum Gasteiger partial charge on any atom is -0.312 e. The van der Waals surface area contributed by atoms with Crippen molar-refractivity contribution in [3.05, 3.63) is 35.9 Å². The van der Waals surface area contributed by atoms with Gasteiger partial charge in [0.1, 0.15) is 0 Å². The molecule has 0 aliphatic heterocycles. The molecule has 2 heteroatoms. The van der Waals surface area contributed by atoms with Gasteiger partial charge in [-0.1, -0.05) is 44.2 Å². The minimum atomic E-state index is 0.475. The van der Waals surface area contributed by atoms with Crippen LogP contribution in [0.4, 0.5) is 0 Å². The molecular formula is C14H23NS. The van der Waals surface area contributed by atoms with E-state index in [-0.39, 0.29) is 0 Å². The third-order valence-electron chi connectivity index (χ3n) is 2.78. The maximum Gasteiger partial charge on any atom is 0.0438 e. The van der Waals surface area contributed by atoms with Gasteiger partial charge in [-0.05, 0) is 31.2 Å². The van der Waals surface area contributed by atoms with Crippen LogP contribution in [0.5, 0.6) is 0 Å². The maximum atomic E-state index is 3.46. The molecule has 0 radical (unpaired) electrons. The summed E-state index contributed by atoms with van der Waals surface area (Å²) in [5, 5.41) is 4.13. The highest BCUT2D eigenvalue weighted by Crippen LogP contribution is 2.29. The first kappa shape index (κ1) is 13.6. The summed E-state index contributed by atoms with van der Waals surface area (Å²) in [6, 6.07) is 11.2. The molecule has 0 spiro atoms. The zero-order chi connectivity index (χ0) is 11.8. The van der Waals surface area contributed by atoms with Gasteiger partial charge in [-0.3, -0.25) is 0 Å². The van der Waals surface area contributed by atoms with Crippen LogP contribution < -0.4 is 5.32 Å². The lowest BCUT2D eigenvalue weighted by Gasteiger charge is -2.26. The molecule has 2 unspecified atom stereocenters. The van der Waals surface area contributed by atoms with Crippen molar-refractivity contribution in [1.29, 1.82) is 0 Å². The fourth-order valence-corrected chi connectivity index (χ4v) is 3.21. The van der Waals surface area contributed by atoms with Crippen LogP contribution in [0.3, 0.4) is 0 Å². The standard InChI is InChI=1S/C14H23NS/c1-4-11-16-13(5-2)14(15-3)12-9-7-6-8-10-12/h6-10,13-15H,4-5,11H2,1-3H3. The van der Waals surface area contributed by atoms with Crippen molar-refractivity contribution in [2.24, 2.45) is 0 Å². The molecule has 1 aromatic carbocycles. The Balaban J connectivity index is 2.71. The van der Waals surface area contributed by atoms with Crippen molar-refractivity contribution in [1.82, 2.24) is 5.32 Å². The lowest BCUT2D eigenvalue weighted by atomic mass is 10.0. The molecular weight excluding hydrogens is 214 g/mol. The minimum absolute atomic E-state index is 0.475. The van der Waals surface area contributed by atoms with Gasteiger partial charge in [0.15, 0.2) is 0 Å². The highest BCUT2D eigenvalue weighted by Gasteiger charge is 2.19. The predicted molar refractivity (Wildman–Crippen MR) is 75.1 cm³/mol. The Bertz CT molecular complexity index is 273. The molecule has 0 saturated carbocycles. The number of hydrogen-bond donors (Lipinski definition) is 1. The van der Waals surface area contributed by atoms with E-state index in [2.05, 4.69) is 68.3 Å². The van der Waals surface area contributed by atoms with Gasteiger partial charge in [0.2, 0.25) is 0 Å². The predicted octanol–water partition coefficient (Wildman–Crippen LogP) is 3.87. The molecule has 90 valence electrons. The lowest BCUT2D eigenvalue weighted by Crippen LogP contribution is -2.27. The molecule has 0 bridgehead atoms. The Morgan fingerprint density at radius 3 is 2.38 bits per heavy atom. The Morgan fingerprint density at radius 1 is 1.19 bits per heavy atom. The van der Waals surface area contributed by atoms with Crippen LogP contribution in [-0.2, 0) is 0 Å². The molecule has 0 aliphatic rings. The fraction of sp³-hybridized carbons (Fsp3) is 0.571. The van der Waals surface area contributed by atoms with Gasteiger partial charge in [-0.25, -0.2) is 0 Å². The summed E-state index contributed by atoms with van der Waals surface area (Å²) < 4.78 is 0. The van der Waals surface area contributed by atoms with Crippen molar-refractivity contribution in [3.8, 4) is 0 Å². The van der Waals surface area contributed by atoms with Crippen LogP contribution in [0.15, 0.2) is 30.3 Å². The van der Waals surface area contributed by atoms with E-state index in [1.807, 2.05) is 0 Å². The van der Waals surface area contributed by atoms with Crippen LogP contribution in [-0.4, -0.2) is 18.1 Å². The number of hydrogen-bond acceptors (Lipinski definition) is 2. The molecule has 0 amide bonds. The van der Waals surface area contributed by atoms with Gasteiger partial charge < -0.3 is 5.32 Å². The largest absolute Gasteiger partial charge is 0.312 e. The van der Waals surface area contributed by atoms with E-state index in [0.29, 0.717) is 11.3 Å². The normalized spacial score (nSPS) is 14.7. The average molecular weight is 237 g/mol. The Labute approximate surface area is 104 Å². The zero-order valence-electron chi connectivity index (χ0n) is 10.6. The highest BCUT2D eigenvalue weighted by molar-refractivity contribution is 7.99.